The van der Waals surface area contributed by atoms with Gasteiger partial charge >= 0.3 is 19.9 Å². The third-order valence-electron chi connectivity index (χ3n) is 2.65. The van der Waals surface area contributed by atoms with Crippen LogP contribution in [-0.4, -0.2) is 37.4 Å². The minimum Gasteiger partial charge on any atom is -0.436 e. The van der Waals surface area contributed by atoms with Crippen LogP contribution in [0.2, 0.25) is 0 Å². The summed E-state index contributed by atoms with van der Waals surface area (Å²) < 4.78 is 42.5. The lowest BCUT2D eigenvalue weighted by Crippen LogP contribution is -2.24. The second-order valence-corrected chi connectivity index (χ2v) is 6.79. The molecule has 0 amide bonds. The first-order chi connectivity index (χ1) is 11.0. The number of esters is 1. The molecule has 0 radical (unpaired) electrons. The highest BCUT2D eigenvalue weighted by atomic mass is 31.2. The summed E-state index contributed by atoms with van der Waals surface area (Å²) in [5.74, 6) is -0.613. The van der Waals surface area contributed by atoms with Gasteiger partial charge in [-0.2, -0.15) is 0 Å². The first-order valence-corrected chi connectivity index (χ1v) is 9.11. The molecule has 0 saturated heterocycles. The van der Waals surface area contributed by atoms with Crippen molar-refractivity contribution < 1.29 is 41.9 Å². The molecular formula is C14H27O9P. The Labute approximate surface area is 142 Å². The van der Waals surface area contributed by atoms with Crippen LogP contribution in [0.5, 0.6) is 0 Å². The van der Waals surface area contributed by atoms with Gasteiger partial charge in [0.15, 0.2) is 0 Å². The Hall–Kier alpha value is -1.15. The van der Waals surface area contributed by atoms with Crippen molar-refractivity contribution in [1.82, 2.24) is 0 Å². The lowest BCUT2D eigenvalue weighted by molar-refractivity contribution is -0.163. The van der Waals surface area contributed by atoms with E-state index in [0.717, 1.165) is 0 Å². The van der Waals surface area contributed by atoms with E-state index in [1.165, 1.54) is 20.8 Å². The predicted octanol–water partition coefficient (Wildman–Crippen LogP) is 3.62. The molecule has 0 aliphatic heterocycles. The predicted molar refractivity (Wildman–Crippen MR) is 84.0 cm³/mol. The molecule has 0 rings (SSSR count). The van der Waals surface area contributed by atoms with Crippen LogP contribution in [0.25, 0.3) is 0 Å². The summed E-state index contributed by atoms with van der Waals surface area (Å²) in [5.41, 5.74) is 0. The van der Waals surface area contributed by atoms with Gasteiger partial charge in [0.05, 0.1) is 12.7 Å². The maximum absolute atomic E-state index is 12.8. The van der Waals surface area contributed by atoms with Gasteiger partial charge in [0.2, 0.25) is 12.6 Å². The van der Waals surface area contributed by atoms with E-state index in [4.69, 9.17) is 23.0 Å². The van der Waals surface area contributed by atoms with Crippen molar-refractivity contribution in [2.75, 3.05) is 6.61 Å². The molecule has 0 aliphatic rings. The number of carbonyl (C=O) groups excluding carboxylic acids is 2. The molecule has 4 atom stereocenters. The Morgan fingerprint density at radius 1 is 0.917 bits per heavy atom. The Balaban J connectivity index is 4.99. The van der Waals surface area contributed by atoms with E-state index < -0.39 is 38.6 Å². The highest BCUT2D eigenvalue weighted by molar-refractivity contribution is 7.48. The summed E-state index contributed by atoms with van der Waals surface area (Å²) in [6.07, 6.45) is -3.92. The summed E-state index contributed by atoms with van der Waals surface area (Å²) in [4.78, 5) is 22.2. The molecule has 0 aromatic heterocycles. The highest BCUT2D eigenvalue weighted by Gasteiger charge is 2.36. The van der Waals surface area contributed by atoms with Crippen LogP contribution in [0.15, 0.2) is 0 Å². The smallest absolute Gasteiger partial charge is 0.436 e. The molecule has 0 N–H and O–H groups in total. The first-order valence-electron chi connectivity index (χ1n) is 7.65. The zero-order chi connectivity index (χ0) is 18.9. The molecule has 0 bridgehead atoms. The molecule has 0 fully saturated rings. The number of hydrogen-bond acceptors (Lipinski definition) is 9. The van der Waals surface area contributed by atoms with Gasteiger partial charge in [-0.25, -0.2) is 18.4 Å². The van der Waals surface area contributed by atoms with Gasteiger partial charge in [-0.1, -0.05) is 13.8 Å². The Bertz CT molecular complexity index is 452. The largest absolute Gasteiger partial charge is 0.510 e. The fraction of sp³-hybridized carbons (Fsp3) is 0.857. The van der Waals surface area contributed by atoms with Crippen molar-refractivity contribution in [1.29, 1.82) is 0 Å². The molecule has 4 unspecified atom stereocenters. The van der Waals surface area contributed by atoms with Crippen molar-refractivity contribution in [2.24, 2.45) is 5.92 Å². The van der Waals surface area contributed by atoms with Gasteiger partial charge in [-0.15, -0.1) is 0 Å². The third-order valence-corrected chi connectivity index (χ3v) is 4.35. The van der Waals surface area contributed by atoms with E-state index in [0.29, 0.717) is 0 Å². The van der Waals surface area contributed by atoms with Gasteiger partial charge in [0.1, 0.15) is 0 Å². The molecule has 0 heterocycles. The van der Waals surface area contributed by atoms with E-state index in [9.17, 15) is 14.2 Å². The van der Waals surface area contributed by atoms with E-state index >= 15 is 0 Å². The second kappa shape index (κ2) is 10.7. The molecule has 0 spiro atoms. The SMILES string of the molecule is CCOC(=O)OC(C)OP(=O)(OC(C)OC(C)=O)OC(C)C(C)C. The van der Waals surface area contributed by atoms with E-state index in [-0.39, 0.29) is 12.5 Å². The number of phosphoric acid groups is 1. The van der Waals surface area contributed by atoms with Crippen LogP contribution >= 0.6 is 7.82 Å². The maximum Gasteiger partial charge on any atom is 0.510 e. The van der Waals surface area contributed by atoms with Crippen molar-refractivity contribution >= 4 is 19.9 Å². The number of rotatable bonds is 10. The molecule has 0 aromatic carbocycles. The van der Waals surface area contributed by atoms with E-state index in [2.05, 4.69) is 4.74 Å². The molecular weight excluding hydrogens is 343 g/mol. The standard InChI is InChI=1S/C14H27O9P/c1-8-18-14(16)20-13(7)23-24(17,21-10(4)9(2)3)22-12(6)19-11(5)15/h9-10,12-13H,8H2,1-7H3. The van der Waals surface area contributed by atoms with Gasteiger partial charge in [-0.3, -0.25) is 9.32 Å². The zero-order valence-electron chi connectivity index (χ0n) is 15.1. The molecule has 10 heteroatoms. The highest BCUT2D eigenvalue weighted by Crippen LogP contribution is 2.53. The van der Waals surface area contributed by atoms with Crippen LogP contribution in [0.3, 0.4) is 0 Å². The summed E-state index contributed by atoms with van der Waals surface area (Å²) in [6, 6.07) is 0. The minimum atomic E-state index is -4.18. The number of ether oxygens (including phenoxy) is 3. The van der Waals surface area contributed by atoms with Gasteiger partial charge in [0, 0.05) is 6.92 Å². The topological polar surface area (TPSA) is 107 Å². The summed E-state index contributed by atoms with van der Waals surface area (Å²) >= 11 is 0. The van der Waals surface area contributed by atoms with Crippen LogP contribution < -0.4 is 0 Å². The fourth-order valence-electron chi connectivity index (χ4n) is 1.33. The van der Waals surface area contributed by atoms with Gasteiger partial charge < -0.3 is 14.2 Å². The summed E-state index contributed by atoms with van der Waals surface area (Å²) in [6.45, 7) is 11.0. The minimum absolute atomic E-state index is 0.0100. The number of hydrogen-bond donors (Lipinski definition) is 0. The van der Waals surface area contributed by atoms with Gasteiger partial charge in [0.25, 0.3) is 0 Å². The Morgan fingerprint density at radius 2 is 1.42 bits per heavy atom. The number of carbonyl (C=O) groups is 2. The molecule has 0 aromatic rings. The molecule has 9 nitrogen and oxygen atoms in total. The summed E-state index contributed by atoms with van der Waals surface area (Å²) in [5, 5.41) is 0. The van der Waals surface area contributed by atoms with E-state index in [1.54, 1.807) is 13.8 Å². The normalized spacial score (nSPS) is 17.5. The van der Waals surface area contributed by atoms with Crippen molar-refractivity contribution in [3.63, 3.8) is 0 Å². The molecule has 0 saturated carbocycles. The Kier molecular flexibility index (Phi) is 10.1. The third kappa shape index (κ3) is 9.87. The van der Waals surface area contributed by atoms with Crippen molar-refractivity contribution in [2.45, 2.75) is 67.2 Å². The fourth-order valence-corrected chi connectivity index (χ4v) is 2.94. The quantitative estimate of drug-likeness (QED) is 0.324. The summed E-state index contributed by atoms with van der Waals surface area (Å²) in [7, 11) is -4.18. The zero-order valence-corrected chi connectivity index (χ0v) is 16.0. The van der Waals surface area contributed by atoms with Crippen LogP contribution in [0.1, 0.15) is 48.5 Å². The lowest BCUT2D eigenvalue weighted by Gasteiger charge is -2.27. The lowest BCUT2D eigenvalue weighted by atomic mass is 10.1. The molecule has 24 heavy (non-hydrogen) atoms. The van der Waals surface area contributed by atoms with Crippen LogP contribution in [-0.2, 0) is 37.1 Å². The first kappa shape index (κ1) is 22.9. The van der Waals surface area contributed by atoms with Crippen LogP contribution in [0.4, 0.5) is 4.79 Å². The average Bonchev–Trinajstić information content (AvgIpc) is 2.35. The number of phosphoric ester groups is 1. The van der Waals surface area contributed by atoms with E-state index in [1.807, 2.05) is 13.8 Å². The van der Waals surface area contributed by atoms with Crippen molar-refractivity contribution in [3.05, 3.63) is 0 Å². The van der Waals surface area contributed by atoms with Crippen LogP contribution in [0, 0.1) is 5.92 Å². The Morgan fingerprint density at radius 3 is 1.83 bits per heavy atom. The second-order valence-electron chi connectivity index (χ2n) is 5.26. The average molecular weight is 370 g/mol. The monoisotopic (exact) mass is 370 g/mol. The molecule has 0 aliphatic carbocycles. The van der Waals surface area contributed by atoms with Gasteiger partial charge in [-0.05, 0) is 33.6 Å². The van der Waals surface area contributed by atoms with Crippen molar-refractivity contribution in [3.8, 4) is 0 Å². The molecule has 142 valence electrons. The maximum atomic E-state index is 12.8.